The summed E-state index contributed by atoms with van der Waals surface area (Å²) in [7, 11) is 0. The molecule has 0 aliphatic rings. The number of thiophene rings is 1. The van der Waals surface area contributed by atoms with Gasteiger partial charge in [0.05, 0.1) is 10.4 Å². The molecule has 0 saturated heterocycles. The molecule has 1 nitrogen and oxygen atoms in total. The van der Waals surface area contributed by atoms with E-state index in [0.717, 1.165) is 17.3 Å². The van der Waals surface area contributed by atoms with E-state index >= 15 is 0 Å². The molecule has 1 N–H and O–H groups in total. The van der Waals surface area contributed by atoms with Gasteiger partial charge in [0.15, 0.2) is 0 Å². The highest BCUT2D eigenvalue weighted by Gasteiger charge is 2.14. The lowest BCUT2D eigenvalue weighted by Crippen LogP contribution is -2.21. The van der Waals surface area contributed by atoms with Crippen molar-refractivity contribution in [1.82, 2.24) is 5.32 Å². The van der Waals surface area contributed by atoms with Crippen molar-refractivity contribution in [3.8, 4) is 0 Å². The zero-order valence-corrected chi connectivity index (χ0v) is 13.0. The van der Waals surface area contributed by atoms with Crippen molar-refractivity contribution >= 4 is 22.9 Å². The molecular formula is C16H20ClNS. The minimum absolute atomic E-state index is 0.248. The number of nitrogens with one attached hydrogen (secondary N) is 1. The van der Waals surface area contributed by atoms with Crippen LogP contribution in [0.25, 0.3) is 0 Å². The molecule has 0 radical (unpaired) electrons. The van der Waals surface area contributed by atoms with Crippen molar-refractivity contribution in [2.24, 2.45) is 0 Å². The fraction of sp³-hybridized carbons (Fsp3) is 0.375. The van der Waals surface area contributed by atoms with Crippen molar-refractivity contribution in [2.45, 2.75) is 32.7 Å². The van der Waals surface area contributed by atoms with Crippen LogP contribution < -0.4 is 5.32 Å². The van der Waals surface area contributed by atoms with Gasteiger partial charge in [-0.3, -0.25) is 0 Å². The Morgan fingerprint density at radius 1 is 1.11 bits per heavy atom. The van der Waals surface area contributed by atoms with Crippen LogP contribution in [0.3, 0.4) is 0 Å². The van der Waals surface area contributed by atoms with Crippen LogP contribution in [0.5, 0.6) is 0 Å². The van der Waals surface area contributed by atoms with Gasteiger partial charge < -0.3 is 5.32 Å². The van der Waals surface area contributed by atoms with Gasteiger partial charge in [0.25, 0.3) is 0 Å². The monoisotopic (exact) mass is 293 g/mol. The van der Waals surface area contributed by atoms with E-state index in [1.807, 2.05) is 6.07 Å². The quantitative estimate of drug-likeness (QED) is 0.785. The number of hydrogen-bond donors (Lipinski definition) is 1. The minimum Gasteiger partial charge on any atom is -0.306 e. The Hall–Kier alpha value is -0.830. The third-order valence-corrected chi connectivity index (χ3v) is 4.43. The van der Waals surface area contributed by atoms with Gasteiger partial charge in [0.2, 0.25) is 0 Å². The summed E-state index contributed by atoms with van der Waals surface area (Å²) in [4.78, 5) is 1.27. The third-order valence-electron chi connectivity index (χ3n) is 3.14. The average Bonchev–Trinajstić information content (AvgIpc) is 2.84. The van der Waals surface area contributed by atoms with Crippen LogP contribution in [0.1, 0.15) is 42.3 Å². The van der Waals surface area contributed by atoms with Gasteiger partial charge in [-0.2, -0.15) is 0 Å². The molecule has 0 saturated carbocycles. The SMILES string of the molecule is CCCc1ccc(C(NCC)c2ccc(Cl)s2)cc1. The van der Waals surface area contributed by atoms with Crippen molar-refractivity contribution in [2.75, 3.05) is 6.54 Å². The van der Waals surface area contributed by atoms with Crippen LogP contribution in [-0.2, 0) is 6.42 Å². The highest BCUT2D eigenvalue weighted by Crippen LogP contribution is 2.31. The summed E-state index contributed by atoms with van der Waals surface area (Å²) in [5, 5.41) is 3.53. The molecule has 0 bridgehead atoms. The van der Waals surface area contributed by atoms with Crippen molar-refractivity contribution < 1.29 is 0 Å². The van der Waals surface area contributed by atoms with Gasteiger partial charge in [-0.25, -0.2) is 0 Å². The molecule has 1 unspecified atom stereocenters. The van der Waals surface area contributed by atoms with E-state index in [0.29, 0.717) is 0 Å². The number of hydrogen-bond acceptors (Lipinski definition) is 2. The standard InChI is InChI=1S/C16H20ClNS/c1-3-5-12-6-8-13(9-7-12)16(18-4-2)14-10-11-15(17)19-14/h6-11,16,18H,3-5H2,1-2H3. The van der Waals surface area contributed by atoms with E-state index < -0.39 is 0 Å². The first-order chi connectivity index (χ1) is 9.24. The summed E-state index contributed by atoms with van der Waals surface area (Å²) < 4.78 is 0.848. The van der Waals surface area contributed by atoms with Gasteiger partial charge in [-0.15, -0.1) is 11.3 Å². The maximum atomic E-state index is 6.05. The van der Waals surface area contributed by atoms with E-state index in [9.17, 15) is 0 Å². The van der Waals surface area contributed by atoms with Gasteiger partial charge in [-0.1, -0.05) is 56.1 Å². The second-order valence-electron chi connectivity index (χ2n) is 4.62. The van der Waals surface area contributed by atoms with E-state index in [4.69, 9.17) is 11.6 Å². The Labute approximate surface area is 124 Å². The first-order valence-corrected chi connectivity index (χ1v) is 8.01. The molecule has 2 aromatic rings. The summed E-state index contributed by atoms with van der Waals surface area (Å²) in [6.07, 6.45) is 2.34. The normalized spacial score (nSPS) is 12.6. The van der Waals surface area contributed by atoms with E-state index in [-0.39, 0.29) is 6.04 Å². The molecule has 0 fully saturated rings. The van der Waals surface area contributed by atoms with Crippen LogP contribution in [0.15, 0.2) is 36.4 Å². The molecule has 2 rings (SSSR count). The molecule has 1 heterocycles. The molecule has 1 aromatic heterocycles. The minimum atomic E-state index is 0.248. The lowest BCUT2D eigenvalue weighted by Gasteiger charge is -2.17. The van der Waals surface area contributed by atoms with Gasteiger partial charge in [0, 0.05) is 4.88 Å². The highest BCUT2D eigenvalue weighted by atomic mass is 35.5. The van der Waals surface area contributed by atoms with Gasteiger partial charge >= 0.3 is 0 Å². The second-order valence-corrected chi connectivity index (χ2v) is 6.37. The van der Waals surface area contributed by atoms with Crippen LogP contribution in [0.4, 0.5) is 0 Å². The fourth-order valence-electron chi connectivity index (χ4n) is 2.24. The third kappa shape index (κ3) is 3.82. The zero-order chi connectivity index (χ0) is 13.7. The predicted octanol–water partition coefficient (Wildman–Crippen LogP) is 5.05. The number of halogens is 1. The molecule has 0 amide bonds. The molecular weight excluding hydrogens is 274 g/mol. The van der Waals surface area contributed by atoms with Crippen LogP contribution in [0.2, 0.25) is 4.34 Å². The van der Waals surface area contributed by atoms with Crippen LogP contribution in [0, 0.1) is 0 Å². The van der Waals surface area contributed by atoms with Crippen molar-refractivity contribution in [3.63, 3.8) is 0 Å². The molecule has 0 aliphatic carbocycles. The molecule has 19 heavy (non-hydrogen) atoms. The van der Waals surface area contributed by atoms with E-state index in [1.54, 1.807) is 11.3 Å². The first-order valence-electron chi connectivity index (χ1n) is 6.82. The number of aryl methyl sites for hydroxylation is 1. The molecule has 1 atom stereocenters. The van der Waals surface area contributed by atoms with Gasteiger partial charge in [-0.05, 0) is 36.2 Å². The van der Waals surface area contributed by atoms with Crippen molar-refractivity contribution in [3.05, 3.63) is 56.7 Å². The largest absolute Gasteiger partial charge is 0.306 e. The summed E-state index contributed by atoms with van der Waals surface area (Å²) in [6.45, 7) is 5.29. The molecule has 3 heteroatoms. The van der Waals surface area contributed by atoms with Crippen LogP contribution >= 0.6 is 22.9 Å². The summed E-state index contributed by atoms with van der Waals surface area (Å²) >= 11 is 7.70. The molecule has 0 aliphatic heterocycles. The maximum Gasteiger partial charge on any atom is 0.0931 e. The number of benzene rings is 1. The Balaban J connectivity index is 2.23. The Morgan fingerprint density at radius 3 is 2.37 bits per heavy atom. The Bertz CT molecular complexity index is 504. The summed E-state index contributed by atoms with van der Waals surface area (Å²) in [5.74, 6) is 0. The van der Waals surface area contributed by atoms with Gasteiger partial charge in [0.1, 0.15) is 0 Å². The lowest BCUT2D eigenvalue weighted by molar-refractivity contribution is 0.639. The van der Waals surface area contributed by atoms with E-state index in [2.05, 4.69) is 49.5 Å². The predicted molar refractivity (Wildman–Crippen MR) is 85.3 cm³/mol. The highest BCUT2D eigenvalue weighted by molar-refractivity contribution is 7.16. The maximum absolute atomic E-state index is 6.05. The topological polar surface area (TPSA) is 12.0 Å². The summed E-state index contributed by atoms with van der Waals surface area (Å²) in [5.41, 5.74) is 2.71. The Kier molecular flexibility index (Phi) is 5.44. The van der Waals surface area contributed by atoms with Crippen LogP contribution in [-0.4, -0.2) is 6.54 Å². The zero-order valence-electron chi connectivity index (χ0n) is 11.4. The Morgan fingerprint density at radius 2 is 1.84 bits per heavy atom. The smallest absolute Gasteiger partial charge is 0.0931 e. The average molecular weight is 294 g/mol. The van der Waals surface area contributed by atoms with Crippen molar-refractivity contribution in [1.29, 1.82) is 0 Å². The molecule has 102 valence electrons. The number of rotatable bonds is 6. The first kappa shape index (κ1) is 14.6. The fourth-order valence-corrected chi connectivity index (χ4v) is 3.40. The molecule has 1 aromatic carbocycles. The van der Waals surface area contributed by atoms with E-state index in [1.165, 1.54) is 22.4 Å². The summed E-state index contributed by atoms with van der Waals surface area (Å²) in [6, 6.07) is 13.3. The second kappa shape index (κ2) is 7.09. The lowest BCUT2D eigenvalue weighted by atomic mass is 10.0. The molecule has 0 spiro atoms.